The Morgan fingerprint density at radius 3 is 2.52 bits per heavy atom. The summed E-state index contributed by atoms with van der Waals surface area (Å²) >= 11 is 1.34. The molecule has 0 radical (unpaired) electrons. The molecule has 1 heterocycles. The van der Waals surface area contributed by atoms with E-state index < -0.39 is 11.7 Å². The summed E-state index contributed by atoms with van der Waals surface area (Å²) in [6, 6.07) is 3.84. The molecule has 2 N–H and O–H groups in total. The molecule has 2 aromatic rings. The van der Waals surface area contributed by atoms with E-state index in [1.54, 1.807) is 0 Å². The van der Waals surface area contributed by atoms with Gasteiger partial charge in [-0.2, -0.15) is 13.2 Å². The van der Waals surface area contributed by atoms with Crippen LogP contribution < -0.4 is 5.73 Å². The van der Waals surface area contributed by atoms with Crippen molar-refractivity contribution in [2.45, 2.75) is 39.3 Å². The molecular weight excluding hydrogens is 297 g/mol. The topological polar surface area (TPSA) is 38.9 Å². The first kappa shape index (κ1) is 15.8. The Kier molecular flexibility index (Phi) is 4.27. The van der Waals surface area contributed by atoms with Gasteiger partial charge in [0.1, 0.15) is 0 Å². The highest BCUT2D eigenvalue weighted by atomic mass is 32.1. The summed E-state index contributed by atoms with van der Waals surface area (Å²) in [7, 11) is 0. The lowest BCUT2D eigenvalue weighted by atomic mass is 9.99. The van der Waals surface area contributed by atoms with Gasteiger partial charge in [0.05, 0.1) is 11.3 Å². The van der Waals surface area contributed by atoms with Gasteiger partial charge >= 0.3 is 6.18 Å². The summed E-state index contributed by atoms with van der Waals surface area (Å²) in [6.07, 6.45) is -3.89. The number of hydrogen-bond acceptors (Lipinski definition) is 3. The van der Waals surface area contributed by atoms with Crippen LogP contribution >= 0.6 is 11.3 Å². The van der Waals surface area contributed by atoms with Gasteiger partial charge in [0.2, 0.25) is 0 Å². The fourth-order valence-electron chi connectivity index (χ4n) is 2.17. The molecule has 1 aromatic carbocycles. The molecule has 1 aromatic heterocycles. The number of rotatable bonds is 3. The van der Waals surface area contributed by atoms with E-state index in [-0.39, 0.29) is 5.92 Å². The molecule has 0 bridgehead atoms. The number of benzene rings is 1. The van der Waals surface area contributed by atoms with Crippen molar-refractivity contribution in [1.29, 1.82) is 0 Å². The van der Waals surface area contributed by atoms with Gasteiger partial charge in [-0.1, -0.05) is 19.9 Å². The average molecular weight is 314 g/mol. The summed E-state index contributed by atoms with van der Waals surface area (Å²) in [5.74, 6) is 0.194. The van der Waals surface area contributed by atoms with Crippen molar-refractivity contribution in [3.63, 3.8) is 0 Å². The third-order valence-corrected chi connectivity index (χ3v) is 4.22. The second-order valence-corrected chi connectivity index (χ2v) is 6.45. The molecule has 2 rings (SSSR count). The molecule has 114 valence electrons. The van der Waals surface area contributed by atoms with Gasteiger partial charge in [0.15, 0.2) is 5.13 Å². The fourth-order valence-corrected chi connectivity index (χ4v) is 3.18. The number of aryl methyl sites for hydroxylation is 1. The number of nitrogens with two attached hydrogens (primary N) is 1. The molecular formula is C15H17F3N2S. The zero-order chi connectivity index (χ0) is 15.8. The molecule has 2 nitrogen and oxygen atoms in total. The number of nitrogens with zero attached hydrogens (tertiary/aromatic N) is 1. The van der Waals surface area contributed by atoms with Gasteiger partial charge in [0.25, 0.3) is 0 Å². The first-order chi connectivity index (χ1) is 9.68. The van der Waals surface area contributed by atoms with Gasteiger partial charge in [0, 0.05) is 11.3 Å². The standard InChI is InChI=1S/C15H17F3N2S/c1-8(2)13-12(21-14(19)20-13)7-10-6-11(15(16,17)18)5-4-9(10)3/h4-6,8H,7H2,1-3H3,(H2,19,20). The van der Waals surface area contributed by atoms with Crippen molar-refractivity contribution >= 4 is 16.5 Å². The number of thiazole rings is 1. The second-order valence-electron chi connectivity index (χ2n) is 5.33. The summed E-state index contributed by atoms with van der Waals surface area (Å²) in [6.45, 7) is 5.81. The van der Waals surface area contributed by atoms with Crippen LogP contribution in [0, 0.1) is 6.92 Å². The van der Waals surface area contributed by atoms with Gasteiger partial charge in [-0.25, -0.2) is 4.98 Å². The number of halogens is 3. The lowest BCUT2D eigenvalue weighted by Gasteiger charge is -2.12. The molecule has 6 heteroatoms. The molecule has 0 fully saturated rings. The van der Waals surface area contributed by atoms with Crippen LogP contribution in [0.2, 0.25) is 0 Å². The molecule has 0 unspecified atom stereocenters. The number of nitrogen functional groups attached to an aromatic ring is 1. The van der Waals surface area contributed by atoms with Crippen LogP contribution in [0.3, 0.4) is 0 Å². The van der Waals surface area contributed by atoms with Gasteiger partial charge in [-0.3, -0.25) is 0 Å². The Balaban J connectivity index is 2.40. The van der Waals surface area contributed by atoms with E-state index in [1.165, 1.54) is 23.5 Å². The monoisotopic (exact) mass is 314 g/mol. The zero-order valence-electron chi connectivity index (χ0n) is 12.1. The van der Waals surface area contributed by atoms with Crippen molar-refractivity contribution < 1.29 is 13.2 Å². The summed E-state index contributed by atoms with van der Waals surface area (Å²) < 4.78 is 38.5. The normalized spacial score (nSPS) is 12.1. The molecule has 0 spiro atoms. The van der Waals surface area contributed by atoms with E-state index in [4.69, 9.17) is 5.73 Å². The predicted molar refractivity (Wildman–Crippen MR) is 79.6 cm³/mol. The maximum atomic E-state index is 12.8. The number of alkyl halides is 3. The van der Waals surface area contributed by atoms with Crippen LogP contribution in [0.25, 0.3) is 0 Å². The first-order valence-corrected chi connectivity index (χ1v) is 7.42. The van der Waals surface area contributed by atoms with Crippen LogP contribution in [0.4, 0.5) is 18.3 Å². The third kappa shape index (κ3) is 3.56. The van der Waals surface area contributed by atoms with Gasteiger partial charge in [-0.05, 0) is 36.1 Å². The Bertz CT molecular complexity index is 645. The quantitative estimate of drug-likeness (QED) is 0.886. The van der Waals surface area contributed by atoms with Crippen molar-refractivity contribution in [3.05, 3.63) is 45.5 Å². The zero-order valence-corrected chi connectivity index (χ0v) is 12.9. The largest absolute Gasteiger partial charge is 0.416 e. The van der Waals surface area contributed by atoms with Crippen molar-refractivity contribution in [2.24, 2.45) is 0 Å². The van der Waals surface area contributed by atoms with Crippen LogP contribution in [0.1, 0.15) is 47.0 Å². The molecule has 0 atom stereocenters. The van der Waals surface area contributed by atoms with Crippen molar-refractivity contribution in [2.75, 3.05) is 5.73 Å². The summed E-state index contributed by atoms with van der Waals surface area (Å²) in [5, 5.41) is 0.457. The highest BCUT2D eigenvalue weighted by Crippen LogP contribution is 2.33. The summed E-state index contributed by atoms with van der Waals surface area (Å²) in [5.41, 5.74) is 7.49. The molecule has 0 aliphatic heterocycles. The number of hydrogen-bond donors (Lipinski definition) is 1. The van der Waals surface area contributed by atoms with Crippen molar-refractivity contribution in [1.82, 2.24) is 4.98 Å². The lowest BCUT2D eigenvalue weighted by molar-refractivity contribution is -0.137. The minimum Gasteiger partial charge on any atom is -0.375 e. The van der Waals surface area contributed by atoms with Crippen LogP contribution in [0.15, 0.2) is 18.2 Å². The molecule has 0 saturated carbocycles. The molecule has 0 aliphatic rings. The molecule has 0 saturated heterocycles. The minimum atomic E-state index is -4.32. The van der Waals surface area contributed by atoms with E-state index >= 15 is 0 Å². The number of anilines is 1. The highest BCUT2D eigenvalue weighted by Gasteiger charge is 2.30. The summed E-state index contributed by atoms with van der Waals surface area (Å²) in [4.78, 5) is 5.22. The Morgan fingerprint density at radius 1 is 1.29 bits per heavy atom. The fraction of sp³-hybridized carbons (Fsp3) is 0.400. The maximum Gasteiger partial charge on any atom is 0.416 e. The smallest absolute Gasteiger partial charge is 0.375 e. The van der Waals surface area contributed by atoms with E-state index in [2.05, 4.69) is 4.98 Å². The van der Waals surface area contributed by atoms with Crippen LogP contribution in [-0.4, -0.2) is 4.98 Å². The van der Waals surface area contributed by atoms with E-state index in [9.17, 15) is 13.2 Å². The third-order valence-electron chi connectivity index (χ3n) is 3.32. The van der Waals surface area contributed by atoms with E-state index in [1.807, 2.05) is 20.8 Å². The Labute approximate surface area is 125 Å². The second kappa shape index (κ2) is 5.67. The molecule has 0 aliphatic carbocycles. The molecule has 21 heavy (non-hydrogen) atoms. The van der Waals surface area contributed by atoms with E-state index in [0.29, 0.717) is 17.1 Å². The Hall–Kier alpha value is -1.56. The van der Waals surface area contributed by atoms with Gasteiger partial charge < -0.3 is 5.73 Å². The van der Waals surface area contributed by atoms with Crippen molar-refractivity contribution in [3.8, 4) is 0 Å². The predicted octanol–water partition coefficient (Wildman–Crippen LogP) is 4.77. The van der Waals surface area contributed by atoms with E-state index in [0.717, 1.165) is 22.2 Å². The van der Waals surface area contributed by atoms with Gasteiger partial charge in [-0.15, -0.1) is 11.3 Å². The van der Waals surface area contributed by atoms with Crippen LogP contribution in [-0.2, 0) is 12.6 Å². The number of aromatic nitrogens is 1. The van der Waals surface area contributed by atoms with Crippen LogP contribution in [0.5, 0.6) is 0 Å². The average Bonchev–Trinajstić information content (AvgIpc) is 2.72. The maximum absolute atomic E-state index is 12.8. The highest BCUT2D eigenvalue weighted by molar-refractivity contribution is 7.15. The minimum absolute atomic E-state index is 0.194. The Morgan fingerprint density at radius 2 is 1.95 bits per heavy atom. The first-order valence-electron chi connectivity index (χ1n) is 6.60. The lowest BCUT2D eigenvalue weighted by Crippen LogP contribution is -2.06. The SMILES string of the molecule is Cc1ccc(C(F)(F)F)cc1Cc1sc(N)nc1C(C)C. The molecule has 0 amide bonds.